The van der Waals surface area contributed by atoms with Crippen LogP contribution in [0.1, 0.15) is 18.2 Å². The van der Waals surface area contributed by atoms with Gasteiger partial charge in [-0.1, -0.05) is 24.1 Å². The minimum Gasteiger partial charge on any atom is -0.459 e. The van der Waals surface area contributed by atoms with E-state index >= 15 is 0 Å². The molecule has 0 radical (unpaired) electrons. The number of hydrogen-bond donors (Lipinski definition) is 2. The number of fused-ring (bicyclic) bond motifs is 1. The first kappa shape index (κ1) is 17.4. The van der Waals surface area contributed by atoms with E-state index in [1.807, 2.05) is 25.1 Å². The quantitative estimate of drug-likeness (QED) is 0.361. The molecule has 21 heavy (non-hydrogen) atoms. The molecule has 2 aromatic rings. The first-order valence-electron chi connectivity index (χ1n) is 6.69. The second kappa shape index (κ2) is 8.57. The Kier molecular flexibility index (Phi) is 7.09. The zero-order valence-corrected chi connectivity index (χ0v) is 14.6. The van der Waals surface area contributed by atoms with E-state index in [4.69, 9.17) is 10.8 Å². The molecule has 112 valence electrons. The van der Waals surface area contributed by atoms with Crippen LogP contribution in [0, 0.1) is 19.3 Å². The maximum absolute atomic E-state index is 5.83. The fourth-order valence-electron chi connectivity index (χ4n) is 2.00. The second-order valence-electron chi connectivity index (χ2n) is 4.40. The van der Waals surface area contributed by atoms with E-state index in [2.05, 4.69) is 34.5 Å². The van der Waals surface area contributed by atoms with Gasteiger partial charge in [-0.05, 0) is 19.9 Å². The smallest absolute Gasteiger partial charge is 0.192 e. The van der Waals surface area contributed by atoms with Crippen molar-refractivity contribution in [1.82, 2.24) is 10.6 Å². The Balaban J connectivity index is 0.00000220. The molecule has 1 aromatic heterocycles. The molecule has 5 heteroatoms. The lowest BCUT2D eigenvalue weighted by Crippen LogP contribution is -2.37. The third-order valence-corrected chi connectivity index (χ3v) is 3.03. The topological polar surface area (TPSA) is 49.6 Å². The predicted molar refractivity (Wildman–Crippen MR) is 98.0 cm³/mol. The van der Waals surface area contributed by atoms with Crippen LogP contribution in [-0.4, -0.2) is 19.0 Å². The zero-order chi connectivity index (χ0) is 14.4. The molecule has 0 saturated carbocycles. The molecular weight excluding hydrogens is 377 g/mol. The van der Waals surface area contributed by atoms with Crippen molar-refractivity contribution in [3.8, 4) is 12.3 Å². The Morgan fingerprint density at radius 1 is 1.33 bits per heavy atom. The minimum absolute atomic E-state index is 0. The van der Waals surface area contributed by atoms with Crippen LogP contribution in [-0.2, 0) is 6.54 Å². The molecule has 0 aliphatic rings. The van der Waals surface area contributed by atoms with Crippen LogP contribution in [0.3, 0.4) is 0 Å². The summed E-state index contributed by atoms with van der Waals surface area (Å²) in [5.74, 6) is 4.11. The lowest BCUT2D eigenvalue weighted by molar-refractivity contribution is 0.548. The molecule has 0 unspecified atom stereocenters. The van der Waals surface area contributed by atoms with Crippen molar-refractivity contribution in [1.29, 1.82) is 0 Å². The van der Waals surface area contributed by atoms with Gasteiger partial charge in [0.2, 0.25) is 0 Å². The van der Waals surface area contributed by atoms with Gasteiger partial charge in [0, 0.05) is 17.5 Å². The van der Waals surface area contributed by atoms with Gasteiger partial charge in [-0.2, -0.15) is 0 Å². The number of guanidine groups is 1. The van der Waals surface area contributed by atoms with Crippen LogP contribution in [0.5, 0.6) is 0 Å². The average Bonchev–Trinajstić information content (AvgIpc) is 2.79. The number of benzene rings is 1. The van der Waals surface area contributed by atoms with Gasteiger partial charge in [-0.3, -0.25) is 0 Å². The molecule has 0 fully saturated rings. The van der Waals surface area contributed by atoms with Gasteiger partial charge in [0.05, 0.1) is 6.54 Å². The number of aliphatic imine (C=N–C) groups is 1. The van der Waals surface area contributed by atoms with Crippen LogP contribution in [0.15, 0.2) is 33.7 Å². The van der Waals surface area contributed by atoms with Gasteiger partial charge >= 0.3 is 0 Å². The van der Waals surface area contributed by atoms with Gasteiger partial charge in [0.15, 0.2) is 5.96 Å². The fourth-order valence-corrected chi connectivity index (χ4v) is 2.00. The van der Waals surface area contributed by atoms with Gasteiger partial charge in [0.1, 0.15) is 17.9 Å². The molecule has 2 N–H and O–H groups in total. The Morgan fingerprint density at radius 2 is 2.10 bits per heavy atom. The number of halogens is 1. The normalized spacial score (nSPS) is 10.8. The van der Waals surface area contributed by atoms with Crippen molar-refractivity contribution in [2.45, 2.75) is 20.4 Å². The number of nitrogens with zero attached hydrogens (tertiary/aromatic N) is 1. The lowest BCUT2D eigenvalue weighted by atomic mass is 10.1. The first-order valence-corrected chi connectivity index (χ1v) is 6.69. The highest BCUT2D eigenvalue weighted by molar-refractivity contribution is 14.0. The highest BCUT2D eigenvalue weighted by atomic mass is 127. The highest BCUT2D eigenvalue weighted by Gasteiger charge is 2.09. The maximum atomic E-state index is 5.83. The third kappa shape index (κ3) is 4.39. The minimum atomic E-state index is 0. The number of para-hydroxylation sites is 1. The van der Waals surface area contributed by atoms with Crippen molar-refractivity contribution < 1.29 is 4.42 Å². The molecule has 4 nitrogen and oxygen atoms in total. The molecule has 0 spiro atoms. The number of rotatable bonds is 4. The number of furan rings is 1. The summed E-state index contributed by atoms with van der Waals surface area (Å²) in [6.45, 7) is 5.79. The summed E-state index contributed by atoms with van der Waals surface area (Å²) in [5, 5.41) is 7.34. The average molecular weight is 397 g/mol. The van der Waals surface area contributed by atoms with Gasteiger partial charge in [-0.15, -0.1) is 30.4 Å². The number of nitrogens with one attached hydrogen (secondary N) is 2. The molecule has 1 heterocycles. The fraction of sp³-hybridized carbons (Fsp3) is 0.312. The largest absolute Gasteiger partial charge is 0.459 e. The summed E-state index contributed by atoms with van der Waals surface area (Å²) >= 11 is 0. The van der Waals surface area contributed by atoms with Crippen molar-refractivity contribution >= 4 is 40.9 Å². The molecule has 0 aliphatic heterocycles. The van der Waals surface area contributed by atoms with Gasteiger partial charge < -0.3 is 15.1 Å². The van der Waals surface area contributed by atoms with Crippen LogP contribution in [0.2, 0.25) is 0 Å². The van der Waals surface area contributed by atoms with E-state index in [0.717, 1.165) is 28.8 Å². The lowest BCUT2D eigenvalue weighted by Gasteiger charge is -2.08. The molecule has 0 aliphatic carbocycles. The summed E-state index contributed by atoms with van der Waals surface area (Å²) in [5.41, 5.74) is 2.04. The Bertz CT molecular complexity index is 655. The highest BCUT2D eigenvalue weighted by Crippen LogP contribution is 2.25. The molecule has 0 amide bonds. The van der Waals surface area contributed by atoms with E-state index in [-0.39, 0.29) is 24.0 Å². The van der Waals surface area contributed by atoms with Crippen molar-refractivity contribution in [3.63, 3.8) is 0 Å². The molecular formula is C16H20IN3O. The summed E-state index contributed by atoms with van der Waals surface area (Å²) in [6, 6.07) is 8.01. The number of aryl methyl sites for hydroxylation is 1. The Hall–Kier alpha value is -1.68. The van der Waals surface area contributed by atoms with E-state index < -0.39 is 0 Å². The summed E-state index contributed by atoms with van der Waals surface area (Å²) < 4.78 is 5.83. The summed E-state index contributed by atoms with van der Waals surface area (Å²) in [6.07, 6.45) is 5.24. The maximum Gasteiger partial charge on any atom is 0.192 e. The van der Waals surface area contributed by atoms with E-state index in [0.29, 0.717) is 19.0 Å². The van der Waals surface area contributed by atoms with Gasteiger partial charge in [0.25, 0.3) is 0 Å². The zero-order valence-electron chi connectivity index (χ0n) is 12.3. The van der Waals surface area contributed by atoms with Gasteiger partial charge in [-0.25, -0.2) is 4.99 Å². The Morgan fingerprint density at radius 3 is 2.76 bits per heavy atom. The summed E-state index contributed by atoms with van der Waals surface area (Å²) in [4.78, 5) is 4.48. The summed E-state index contributed by atoms with van der Waals surface area (Å²) in [7, 11) is 0. The SMILES string of the molecule is C#CCNC(=NCc1oc2ccccc2c1C)NCC.I. The standard InChI is InChI=1S/C16H19N3O.HI/c1-4-10-18-16(17-5-2)19-11-15-12(3)13-8-6-7-9-14(13)20-15;/h1,6-9H,5,10-11H2,2-3H3,(H2,17,18,19);1H. The molecule has 0 bridgehead atoms. The van der Waals surface area contributed by atoms with Crippen molar-refractivity contribution in [3.05, 3.63) is 35.6 Å². The molecule has 0 atom stereocenters. The second-order valence-corrected chi connectivity index (χ2v) is 4.40. The van der Waals surface area contributed by atoms with Crippen molar-refractivity contribution in [2.24, 2.45) is 4.99 Å². The van der Waals surface area contributed by atoms with Crippen molar-refractivity contribution in [2.75, 3.05) is 13.1 Å². The van der Waals surface area contributed by atoms with E-state index in [1.54, 1.807) is 0 Å². The van der Waals surface area contributed by atoms with Crippen LogP contribution >= 0.6 is 24.0 Å². The van der Waals surface area contributed by atoms with Crippen LogP contribution in [0.4, 0.5) is 0 Å². The molecule has 2 rings (SSSR count). The Labute approximate surface area is 142 Å². The van der Waals surface area contributed by atoms with Crippen LogP contribution in [0.25, 0.3) is 11.0 Å². The predicted octanol–water partition coefficient (Wildman–Crippen LogP) is 3.05. The molecule has 0 saturated heterocycles. The van der Waals surface area contributed by atoms with E-state index in [1.165, 1.54) is 0 Å². The molecule has 1 aromatic carbocycles. The first-order chi connectivity index (χ1) is 9.76. The van der Waals surface area contributed by atoms with Crippen LogP contribution < -0.4 is 10.6 Å². The number of terminal acetylenes is 1. The third-order valence-electron chi connectivity index (χ3n) is 3.03. The number of hydrogen-bond acceptors (Lipinski definition) is 2. The monoisotopic (exact) mass is 397 g/mol. The van der Waals surface area contributed by atoms with E-state index in [9.17, 15) is 0 Å².